The number of H-pyrrole nitrogens is 1. The molecule has 3 aromatic carbocycles. The number of halogens is 2. The first kappa shape index (κ1) is 23.9. The Kier molecular flexibility index (Phi) is 5.97. The average Bonchev–Trinajstić information content (AvgIpc) is 3.27. The minimum absolute atomic E-state index is 0.144. The fraction of sp³-hybridized carbons (Fsp3) is 0.200. The van der Waals surface area contributed by atoms with Gasteiger partial charge in [-0.15, -0.1) is 0 Å². The van der Waals surface area contributed by atoms with Gasteiger partial charge in [0.1, 0.15) is 17.3 Å². The van der Waals surface area contributed by atoms with Crippen LogP contribution in [0.4, 0.5) is 14.5 Å². The smallest absolute Gasteiger partial charge is 0.248 e. The number of nitrogens with one attached hydrogen (secondary N) is 1. The van der Waals surface area contributed by atoms with E-state index in [-0.39, 0.29) is 10.5 Å². The first-order chi connectivity index (χ1) is 17.1. The van der Waals surface area contributed by atoms with E-state index in [0.717, 1.165) is 44.0 Å². The van der Waals surface area contributed by atoms with E-state index in [9.17, 15) is 22.0 Å². The molecule has 1 aliphatic heterocycles. The number of fused-ring (bicyclic) bond motifs is 1. The number of hydrogen-bond donors (Lipinski definition) is 2. The van der Waals surface area contributed by atoms with Crippen LogP contribution in [-0.4, -0.2) is 62.6 Å². The molecule has 1 aliphatic rings. The maximum absolute atomic E-state index is 13.7. The van der Waals surface area contributed by atoms with Gasteiger partial charge in [0.15, 0.2) is 0 Å². The van der Waals surface area contributed by atoms with Crippen LogP contribution in [0.5, 0.6) is 0 Å². The lowest BCUT2D eigenvalue weighted by Crippen LogP contribution is -2.44. The number of likely N-dealkylation sites (N-methyl/N-ethyl adjacent to an activating group) is 1. The zero-order chi connectivity index (χ0) is 25.6. The van der Waals surface area contributed by atoms with Crippen LogP contribution in [0, 0.1) is 11.6 Å². The molecule has 0 atom stereocenters. The van der Waals surface area contributed by atoms with Gasteiger partial charge >= 0.3 is 0 Å². The van der Waals surface area contributed by atoms with E-state index in [1.807, 2.05) is 13.1 Å². The van der Waals surface area contributed by atoms with Crippen LogP contribution in [0.15, 0.2) is 64.4 Å². The number of carbonyl (C=O) groups excluding carboxylic acids is 1. The lowest BCUT2D eigenvalue weighted by atomic mass is 10.0. The van der Waals surface area contributed by atoms with Crippen LogP contribution in [0.2, 0.25) is 0 Å². The Morgan fingerprint density at radius 1 is 0.944 bits per heavy atom. The Balaban J connectivity index is 1.66. The SMILES string of the molecule is CN1CCN(c2ccc(C(N)=O)cc2-c2n[nH]c3ccc(S(=O)(=O)c4cc(F)cc(F)c4)cc23)CC1. The molecule has 1 fully saturated rings. The predicted octanol–water partition coefficient (Wildman–Crippen LogP) is 3.19. The molecule has 36 heavy (non-hydrogen) atoms. The lowest BCUT2D eigenvalue weighted by molar-refractivity contribution is 0.100. The van der Waals surface area contributed by atoms with Crippen molar-refractivity contribution in [2.75, 3.05) is 38.1 Å². The number of nitrogens with two attached hydrogens (primary N) is 1. The number of piperazine rings is 1. The highest BCUT2D eigenvalue weighted by Gasteiger charge is 2.24. The van der Waals surface area contributed by atoms with Crippen molar-refractivity contribution < 1.29 is 22.0 Å². The summed E-state index contributed by atoms with van der Waals surface area (Å²) >= 11 is 0. The van der Waals surface area contributed by atoms with E-state index in [0.29, 0.717) is 28.2 Å². The van der Waals surface area contributed by atoms with Crippen molar-refractivity contribution in [3.05, 3.63) is 71.8 Å². The summed E-state index contributed by atoms with van der Waals surface area (Å²) in [5, 5.41) is 7.81. The maximum Gasteiger partial charge on any atom is 0.248 e. The number of rotatable bonds is 5. The molecule has 3 N–H and O–H groups in total. The number of benzene rings is 3. The minimum Gasteiger partial charge on any atom is -0.368 e. The van der Waals surface area contributed by atoms with Crippen LogP contribution < -0.4 is 10.6 Å². The third kappa shape index (κ3) is 4.31. The Bertz CT molecular complexity index is 1570. The molecule has 11 heteroatoms. The summed E-state index contributed by atoms with van der Waals surface area (Å²) in [5.74, 6) is -2.57. The second-order valence-corrected chi connectivity index (χ2v) is 10.7. The number of anilines is 1. The van der Waals surface area contributed by atoms with Crippen LogP contribution in [0.3, 0.4) is 0 Å². The molecule has 186 valence electrons. The van der Waals surface area contributed by atoms with Crippen molar-refractivity contribution in [1.82, 2.24) is 15.1 Å². The van der Waals surface area contributed by atoms with Gasteiger partial charge in [0.05, 0.1) is 15.3 Å². The number of nitrogens with zero attached hydrogens (tertiary/aromatic N) is 3. The normalized spacial score (nSPS) is 14.9. The van der Waals surface area contributed by atoms with E-state index in [1.165, 1.54) is 12.1 Å². The van der Waals surface area contributed by atoms with Gasteiger partial charge in [-0.1, -0.05) is 0 Å². The third-order valence-corrected chi connectivity index (χ3v) is 8.10. The summed E-state index contributed by atoms with van der Waals surface area (Å²) in [6.45, 7) is 3.22. The molecular formula is C25H23F2N5O3S. The number of aromatic nitrogens is 2. The molecule has 0 bridgehead atoms. The predicted molar refractivity (Wildman–Crippen MR) is 132 cm³/mol. The summed E-state index contributed by atoms with van der Waals surface area (Å²) in [4.78, 5) is 15.7. The Morgan fingerprint density at radius 3 is 2.31 bits per heavy atom. The molecule has 0 aliphatic carbocycles. The Morgan fingerprint density at radius 2 is 1.64 bits per heavy atom. The van der Waals surface area contributed by atoms with Gasteiger partial charge in [-0.3, -0.25) is 9.89 Å². The van der Waals surface area contributed by atoms with Crippen molar-refractivity contribution in [2.24, 2.45) is 5.73 Å². The summed E-state index contributed by atoms with van der Waals surface area (Å²) in [6.07, 6.45) is 0. The van der Waals surface area contributed by atoms with E-state index in [2.05, 4.69) is 20.0 Å². The molecule has 1 saturated heterocycles. The second kappa shape index (κ2) is 8.99. The number of aromatic amines is 1. The number of sulfone groups is 1. The molecule has 4 aromatic rings. The maximum atomic E-state index is 13.7. The largest absolute Gasteiger partial charge is 0.368 e. The highest BCUT2D eigenvalue weighted by molar-refractivity contribution is 7.91. The van der Waals surface area contributed by atoms with E-state index >= 15 is 0 Å². The highest BCUT2D eigenvalue weighted by atomic mass is 32.2. The summed E-state index contributed by atoms with van der Waals surface area (Å²) in [6, 6.07) is 11.6. The molecule has 0 unspecified atom stereocenters. The summed E-state index contributed by atoms with van der Waals surface area (Å²) in [5.41, 5.74) is 8.27. The molecule has 1 amide bonds. The first-order valence-electron chi connectivity index (χ1n) is 11.2. The van der Waals surface area contributed by atoms with E-state index < -0.39 is 32.3 Å². The molecule has 8 nitrogen and oxygen atoms in total. The van der Waals surface area contributed by atoms with Crippen LogP contribution in [-0.2, 0) is 9.84 Å². The third-order valence-electron chi connectivity index (χ3n) is 6.37. The van der Waals surface area contributed by atoms with Gasteiger partial charge in [-0.05, 0) is 55.6 Å². The second-order valence-electron chi connectivity index (χ2n) is 8.77. The van der Waals surface area contributed by atoms with Crippen molar-refractivity contribution in [2.45, 2.75) is 9.79 Å². The fourth-order valence-electron chi connectivity index (χ4n) is 4.39. The van der Waals surface area contributed by atoms with Gasteiger partial charge < -0.3 is 15.5 Å². The van der Waals surface area contributed by atoms with Crippen molar-refractivity contribution >= 4 is 32.3 Å². The molecule has 5 rings (SSSR count). The Hall–Kier alpha value is -3.83. The zero-order valence-corrected chi connectivity index (χ0v) is 20.1. The average molecular weight is 512 g/mol. The van der Waals surface area contributed by atoms with Gasteiger partial charge in [0, 0.05) is 54.4 Å². The minimum atomic E-state index is -4.22. The van der Waals surface area contributed by atoms with Crippen LogP contribution in [0.25, 0.3) is 22.2 Å². The number of amides is 1. The summed E-state index contributed by atoms with van der Waals surface area (Å²) < 4.78 is 53.9. The molecular weight excluding hydrogens is 488 g/mol. The molecule has 2 heterocycles. The van der Waals surface area contributed by atoms with Crippen LogP contribution >= 0.6 is 0 Å². The fourth-order valence-corrected chi connectivity index (χ4v) is 5.72. The monoisotopic (exact) mass is 511 g/mol. The summed E-state index contributed by atoms with van der Waals surface area (Å²) in [7, 11) is -2.18. The van der Waals surface area contributed by atoms with E-state index in [1.54, 1.807) is 18.2 Å². The molecule has 1 aromatic heterocycles. The van der Waals surface area contributed by atoms with E-state index in [4.69, 9.17) is 5.73 Å². The van der Waals surface area contributed by atoms with Crippen LogP contribution in [0.1, 0.15) is 10.4 Å². The zero-order valence-electron chi connectivity index (χ0n) is 19.3. The van der Waals surface area contributed by atoms with Gasteiger partial charge in [0.25, 0.3) is 0 Å². The van der Waals surface area contributed by atoms with Crippen molar-refractivity contribution in [1.29, 1.82) is 0 Å². The van der Waals surface area contributed by atoms with Crippen molar-refractivity contribution in [3.8, 4) is 11.3 Å². The number of hydrogen-bond acceptors (Lipinski definition) is 6. The molecule has 0 saturated carbocycles. The number of carbonyl (C=O) groups is 1. The Labute approximate surface area is 206 Å². The van der Waals surface area contributed by atoms with Gasteiger partial charge in [-0.2, -0.15) is 5.10 Å². The van der Waals surface area contributed by atoms with Gasteiger partial charge in [-0.25, -0.2) is 17.2 Å². The highest BCUT2D eigenvalue weighted by Crippen LogP contribution is 2.37. The molecule has 0 radical (unpaired) electrons. The molecule has 0 spiro atoms. The van der Waals surface area contributed by atoms with Gasteiger partial charge in [0.2, 0.25) is 15.7 Å². The lowest BCUT2D eigenvalue weighted by Gasteiger charge is -2.35. The first-order valence-corrected chi connectivity index (χ1v) is 12.7. The topological polar surface area (TPSA) is 112 Å². The number of primary amides is 1. The quantitative estimate of drug-likeness (QED) is 0.426. The standard InChI is InChI=1S/C25H23F2N5O3S/c1-31-6-8-32(9-7-31)23-5-2-15(25(28)33)10-21(23)24-20-14-18(3-4-22(20)29-30-24)36(34,35)19-12-16(26)11-17(27)13-19/h2-5,10-14H,6-9H2,1H3,(H2,28,33)(H,29,30). The van der Waals surface area contributed by atoms with Crippen molar-refractivity contribution in [3.63, 3.8) is 0 Å².